The summed E-state index contributed by atoms with van der Waals surface area (Å²) in [7, 11) is 0. The van der Waals surface area contributed by atoms with E-state index in [2.05, 4.69) is 31.8 Å². The Bertz CT molecular complexity index is 1290. The molecular formula is C23H24FN5O2. The summed E-state index contributed by atoms with van der Waals surface area (Å²) in [6.45, 7) is 5.07. The maximum absolute atomic E-state index is 13.6. The van der Waals surface area contributed by atoms with Crippen LogP contribution >= 0.6 is 0 Å². The molecule has 1 fully saturated rings. The largest absolute Gasteiger partial charge is 0.492 e. The number of ether oxygens (including phenoxy) is 1. The van der Waals surface area contributed by atoms with Crippen molar-refractivity contribution in [2.75, 3.05) is 19.7 Å². The molecule has 0 saturated carbocycles. The summed E-state index contributed by atoms with van der Waals surface area (Å²) in [4.78, 5) is 29.6. The van der Waals surface area contributed by atoms with Gasteiger partial charge in [0.15, 0.2) is 11.5 Å². The standard InChI is InChI=1S/C23H24FN5O2/c1-14(29-9-3-2-4-10-29)13-31-16-6-8-17-20(12-16)27-22(26-17)21-23(30)28-18-7-5-15(24)11-19(18)25-21/h5-8,11-12,14H,2-4,9-10,13H2,1H3,(H,26,27)(H,28,30). The summed E-state index contributed by atoms with van der Waals surface area (Å²) in [5, 5.41) is 0. The van der Waals surface area contributed by atoms with Gasteiger partial charge in [-0.2, -0.15) is 0 Å². The van der Waals surface area contributed by atoms with Gasteiger partial charge < -0.3 is 14.7 Å². The molecular weight excluding hydrogens is 397 g/mol. The van der Waals surface area contributed by atoms with Gasteiger partial charge in [-0.25, -0.2) is 14.4 Å². The van der Waals surface area contributed by atoms with Crippen molar-refractivity contribution < 1.29 is 9.13 Å². The van der Waals surface area contributed by atoms with Crippen molar-refractivity contribution in [1.29, 1.82) is 0 Å². The first-order valence-electron chi connectivity index (χ1n) is 10.6. The number of fused-ring (bicyclic) bond motifs is 2. The Kier molecular flexibility index (Phi) is 5.15. The van der Waals surface area contributed by atoms with Crippen LogP contribution < -0.4 is 10.3 Å². The van der Waals surface area contributed by atoms with Gasteiger partial charge in [-0.3, -0.25) is 9.69 Å². The fraction of sp³-hybridized carbons (Fsp3) is 0.348. The van der Waals surface area contributed by atoms with Crippen molar-refractivity contribution in [3.63, 3.8) is 0 Å². The number of imidazole rings is 1. The van der Waals surface area contributed by atoms with E-state index in [0.29, 0.717) is 35.0 Å². The van der Waals surface area contributed by atoms with E-state index in [0.717, 1.165) is 24.4 Å². The number of nitrogens with one attached hydrogen (secondary N) is 2. The zero-order chi connectivity index (χ0) is 21.4. The second-order valence-corrected chi connectivity index (χ2v) is 8.10. The zero-order valence-corrected chi connectivity index (χ0v) is 17.3. The average Bonchev–Trinajstić information content (AvgIpc) is 3.21. The number of halogens is 1. The van der Waals surface area contributed by atoms with Gasteiger partial charge in [0.25, 0.3) is 5.56 Å². The molecule has 5 rings (SSSR count). The average molecular weight is 421 g/mol. The smallest absolute Gasteiger partial charge is 0.278 e. The van der Waals surface area contributed by atoms with E-state index in [-0.39, 0.29) is 11.3 Å². The first-order chi connectivity index (χ1) is 15.1. The van der Waals surface area contributed by atoms with Crippen molar-refractivity contribution in [2.45, 2.75) is 32.2 Å². The number of aromatic amines is 2. The SMILES string of the molecule is CC(COc1ccc2nc(-c3nc4cc(F)ccc4[nH]c3=O)[nH]c2c1)N1CCCCC1. The minimum absolute atomic E-state index is 0.121. The van der Waals surface area contributed by atoms with E-state index in [9.17, 15) is 9.18 Å². The summed E-state index contributed by atoms with van der Waals surface area (Å²) in [5.74, 6) is 0.665. The van der Waals surface area contributed by atoms with E-state index < -0.39 is 5.82 Å². The molecule has 2 aromatic carbocycles. The highest BCUT2D eigenvalue weighted by molar-refractivity contribution is 5.81. The van der Waals surface area contributed by atoms with Gasteiger partial charge in [-0.15, -0.1) is 0 Å². The lowest BCUT2D eigenvalue weighted by atomic mass is 10.1. The third-order valence-electron chi connectivity index (χ3n) is 5.84. The number of hydrogen-bond donors (Lipinski definition) is 2. The van der Waals surface area contributed by atoms with Crippen LogP contribution in [-0.4, -0.2) is 50.6 Å². The molecule has 0 radical (unpaired) electrons. The fourth-order valence-corrected chi connectivity index (χ4v) is 4.09. The van der Waals surface area contributed by atoms with Gasteiger partial charge in [0.1, 0.15) is 18.2 Å². The Labute approximate surface area is 178 Å². The van der Waals surface area contributed by atoms with Crippen LogP contribution in [0.5, 0.6) is 5.75 Å². The zero-order valence-electron chi connectivity index (χ0n) is 17.3. The van der Waals surface area contributed by atoms with Crippen LogP contribution in [0.2, 0.25) is 0 Å². The van der Waals surface area contributed by atoms with Crippen LogP contribution in [0.15, 0.2) is 41.2 Å². The summed E-state index contributed by atoms with van der Waals surface area (Å²) in [6.07, 6.45) is 3.82. The Balaban J connectivity index is 1.39. The summed E-state index contributed by atoms with van der Waals surface area (Å²) in [6, 6.07) is 10.0. The number of aromatic nitrogens is 4. The number of rotatable bonds is 5. The van der Waals surface area contributed by atoms with Crippen molar-refractivity contribution in [3.05, 3.63) is 52.6 Å². The summed E-state index contributed by atoms with van der Waals surface area (Å²) < 4.78 is 19.6. The lowest BCUT2D eigenvalue weighted by Gasteiger charge is -2.32. The van der Waals surface area contributed by atoms with E-state index in [1.807, 2.05) is 18.2 Å². The molecule has 1 aliphatic heterocycles. The normalized spacial score (nSPS) is 16.1. The first-order valence-corrected chi connectivity index (χ1v) is 10.6. The summed E-state index contributed by atoms with van der Waals surface area (Å²) >= 11 is 0. The third kappa shape index (κ3) is 4.03. The van der Waals surface area contributed by atoms with E-state index in [1.54, 1.807) is 0 Å². The molecule has 1 aliphatic rings. The van der Waals surface area contributed by atoms with Crippen LogP contribution in [0.3, 0.4) is 0 Å². The van der Waals surface area contributed by atoms with Crippen LogP contribution in [-0.2, 0) is 0 Å². The molecule has 1 atom stereocenters. The Morgan fingerprint density at radius 2 is 1.87 bits per heavy atom. The molecule has 0 aliphatic carbocycles. The number of nitrogens with zero attached hydrogens (tertiary/aromatic N) is 3. The summed E-state index contributed by atoms with van der Waals surface area (Å²) in [5.41, 5.74) is 2.03. The predicted octanol–water partition coefficient (Wildman–Crippen LogP) is 3.86. The third-order valence-corrected chi connectivity index (χ3v) is 5.84. The quantitative estimate of drug-likeness (QED) is 0.511. The Morgan fingerprint density at radius 1 is 1.03 bits per heavy atom. The van der Waals surface area contributed by atoms with Crippen LogP contribution in [0, 0.1) is 5.82 Å². The van der Waals surface area contributed by atoms with Crippen molar-refractivity contribution in [1.82, 2.24) is 24.8 Å². The van der Waals surface area contributed by atoms with Crippen molar-refractivity contribution >= 4 is 22.1 Å². The molecule has 8 heteroatoms. The topological polar surface area (TPSA) is 86.9 Å². The lowest BCUT2D eigenvalue weighted by Crippen LogP contribution is -2.40. The molecule has 1 saturated heterocycles. The molecule has 31 heavy (non-hydrogen) atoms. The number of piperidine rings is 1. The molecule has 2 N–H and O–H groups in total. The van der Waals surface area contributed by atoms with Gasteiger partial charge >= 0.3 is 0 Å². The molecule has 0 bridgehead atoms. The van der Waals surface area contributed by atoms with Gasteiger partial charge in [-0.05, 0) is 57.1 Å². The van der Waals surface area contributed by atoms with Gasteiger partial charge in [0.2, 0.25) is 0 Å². The monoisotopic (exact) mass is 421 g/mol. The van der Waals surface area contributed by atoms with Crippen molar-refractivity contribution in [3.8, 4) is 17.3 Å². The molecule has 160 valence electrons. The van der Waals surface area contributed by atoms with Gasteiger partial charge in [0.05, 0.1) is 22.1 Å². The number of likely N-dealkylation sites (tertiary alicyclic amines) is 1. The number of H-pyrrole nitrogens is 2. The Hall–Kier alpha value is -3.26. The second kappa shape index (κ2) is 8.11. The van der Waals surface area contributed by atoms with E-state index in [4.69, 9.17) is 4.74 Å². The highest BCUT2D eigenvalue weighted by Crippen LogP contribution is 2.23. The second-order valence-electron chi connectivity index (χ2n) is 8.10. The molecule has 4 aromatic rings. The minimum atomic E-state index is -0.414. The molecule has 1 unspecified atom stereocenters. The lowest BCUT2D eigenvalue weighted by molar-refractivity contribution is 0.125. The molecule has 2 aromatic heterocycles. The number of hydrogen-bond acceptors (Lipinski definition) is 5. The maximum Gasteiger partial charge on any atom is 0.278 e. The molecule has 0 spiro atoms. The Morgan fingerprint density at radius 3 is 2.71 bits per heavy atom. The van der Waals surface area contributed by atoms with E-state index in [1.165, 1.54) is 37.5 Å². The van der Waals surface area contributed by atoms with Gasteiger partial charge in [0, 0.05) is 18.2 Å². The van der Waals surface area contributed by atoms with Crippen molar-refractivity contribution in [2.24, 2.45) is 0 Å². The fourth-order valence-electron chi connectivity index (χ4n) is 4.09. The highest BCUT2D eigenvalue weighted by atomic mass is 19.1. The van der Waals surface area contributed by atoms with Gasteiger partial charge in [-0.1, -0.05) is 6.42 Å². The minimum Gasteiger partial charge on any atom is -0.492 e. The van der Waals surface area contributed by atoms with Crippen LogP contribution in [0.1, 0.15) is 26.2 Å². The number of benzene rings is 2. The first kappa shape index (κ1) is 19.7. The predicted molar refractivity (Wildman–Crippen MR) is 118 cm³/mol. The maximum atomic E-state index is 13.6. The highest BCUT2D eigenvalue weighted by Gasteiger charge is 2.17. The molecule has 0 amide bonds. The van der Waals surface area contributed by atoms with E-state index >= 15 is 0 Å². The van der Waals surface area contributed by atoms with Crippen LogP contribution in [0.25, 0.3) is 33.6 Å². The molecule has 3 heterocycles. The molecule has 7 nitrogen and oxygen atoms in total. The van der Waals surface area contributed by atoms with Crippen LogP contribution in [0.4, 0.5) is 4.39 Å².